The number of likely N-dealkylation sites (tertiary alicyclic amines) is 1. The summed E-state index contributed by atoms with van der Waals surface area (Å²) in [4.78, 5) is 13.8. The van der Waals surface area contributed by atoms with E-state index in [4.69, 9.17) is 4.74 Å². The van der Waals surface area contributed by atoms with Crippen molar-refractivity contribution in [2.75, 3.05) is 18.4 Å². The lowest BCUT2D eigenvalue weighted by Gasteiger charge is -2.26. The second kappa shape index (κ2) is 7.15. The normalized spacial score (nSPS) is 19.2. The third-order valence-corrected chi connectivity index (χ3v) is 3.69. The second-order valence-corrected chi connectivity index (χ2v) is 6.84. The number of anilines is 1. The SMILES string of the molecule is CC(C)(C)OC(=O)N1CCCC(Nc2cccc(F)c2F)CC1. The molecular formula is C17H24F2N2O2. The van der Waals surface area contributed by atoms with Gasteiger partial charge in [-0.3, -0.25) is 0 Å². The van der Waals surface area contributed by atoms with Crippen LogP contribution in [-0.2, 0) is 4.74 Å². The fraction of sp³-hybridized carbons (Fsp3) is 0.588. The minimum atomic E-state index is -0.862. The molecule has 1 fully saturated rings. The number of benzene rings is 1. The van der Waals surface area contributed by atoms with Crippen molar-refractivity contribution in [2.45, 2.75) is 51.7 Å². The highest BCUT2D eigenvalue weighted by Crippen LogP contribution is 2.22. The number of halogens is 2. The predicted molar refractivity (Wildman–Crippen MR) is 85.4 cm³/mol. The minimum absolute atomic E-state index is 0.00117. The Morgan fingerprint density at radius 3 is 2.70 bits per heavy atom. The molecule has 1 aliphatic heterocycles. The number of nitrogens with zero attached hydrogens (tertiary/aromatic N) is 1. The summed E-state index contributed by atoms with van der Waals surface area (Å²) >= 11 is 0. The molecule has 6 heteroatoms. The molecule has 2 rings (SSSR count). The molecule has 1 aromatic rings. The maximum Gasteiger partial charge on any atom is 0.410 e. The van der Waals surface area contributed by atoms with Crippen LogP contribution in [0.3, 0.4) is 0 Å². The van der Waals surface area contributed by atoms with Gasteiger partial charge in [-0.05, 0) is 52.2 Å². The fourth-order valence-corrected chi connectivity index (χ4v) is 2.58. The average Bonchev–Trinajstić information content (AvgIpc) is 2.68. The van der Waals surface area contributed by atoms with E-state index in [1.165, 1.54) is 12.1 Å². The summed E-state index contributed by atoms with van der Waals surface area (Å²) in [6, 6.07) is 4.09. The van der Waals surface area contributed by atoms with Crippen LogP contribution in [0.1, 0.15) is 40.0 Å². The molecular weight excluding hydrogens is 302 g/mol. The molecule has 0 saturated carbocycles. The first-order chi connectivity index (χ1) is 10.8. The zero-order valence-electron chi connectivity index (χ0n) is 13.9. The van der Waals surface area contributed by atoms with Crippen LogP contribution in [0.2, 0.25) is 0 Å². The highest BCUT2D eigenvalue weighted by atomic mass is 19.2. The molecule has 1 N–H and O–H groups in total. The van der Waals surface area contributed by atoms with Gasteiger partial charge in [-0.2, -0.15) is 0 Å². The van der Waals surface area contributed by atoms with Crippen LogP contribution in [0.5, 0.6) is 0 Å². The van der Waals surface area contributed by atoms with Gasteiger partial charge in [0, 0.05) is 19.1 Å². The molecule has 1 heterocycles. The van der Waals surface area contributed by atoms with E-state index in [2.05, 4.69) is 5.32 Å². The number of carbonyl (C=O) groups is 1. The van der Waals surface area contributed by atoms with Gasteiger partial charge >= 0.3 is 6.09 Å². The fourth-order valence-electron chi connectivity index (χ4n) is 2.58. The first kappa shape index (κ1) is 17.5. The summed E-state index contributed by atoms with van der Waals surface area (Å²) in [5.41, 5.74) is -0.355. The molecule has 1 aliphatic rings. The van der Waals surface area contributed by atoms with E-state index < -0.39 is 17.2 Å². The summed E-state index contributed by atoms with van der Waals surface area (Å²) < 4.78 is 32.4. The van der Waals surface area contributed by atoms with E-state index in [9.17, 15) is 13.6 Å². The third-order valence-electron chi connectivity index (χ3n) is 3.69. The highest BCUT2D eigenvalue weighted by molar-refractivity contribution is 5.68. The Bertz CT molecular complexity index is 558. The molecule has 1 aromatic carbocycles. The van der Waals surface area contributed by atoms with Crippen LogP contribution < -0.4 is 5.32 Å². The molecule has 4 nitrogen and oxygen atoms in total. The Balaban J connectivity index is 1.93. The van der Waals surface area contributed by atoms with Crippen molar-refractivity contribution in [3.05, 3.63) is 29.8 Å². The van der Waals surface area contributed by atoms with Crippen LogP contribution in [0.15, 0.2) is 18.2 Å². The minimum Gasteiger partial charge on any atom is -0.444 e. The van der Waals surface area contributed by atoms with E-state index in [0.29, 0.717) is 19.5 Å². The lowest BCUT2D eigenvalue weighted by molar-refractivity contribution is 0.0256. The maximum absolute atomic E-state index is 13.7. The quantitative estimate of drug-likeness (QED) is 0.887. The van der Waals surface area contributed by atoms with Gasteiger partial charge in [0.2, 0.25) is 0 Å². The van der Waals surface area contributed by atoms with Gasteiger partial charge in [-0.15, -0.1) is 0 Å². The van der Waals surface area contributed by atoms with Crippen molar-refractivity contribution in [1.29, 1.82) is 0 Å². The van der Waals surface area contributed by atoms with Gasteiger partial charge in [0.05, 0.1) is 5.69 Å². The molecule has 1 unspecified atom stereocenters. The van der Waals surface area contributed by atoms with Gasteiger partial charge in [-0.25, -0.2) is 13.6 Å². The van der Waals surface area contributed by atoms with Gasteiger partial charge < -0.3 is 15.0 Å². The smallest absolute Gasteiger partial charge is 0.410 e. The van der Waals surface area contributed by atoms with Gasteiger partial charge in [0.15, 0.2) is 11.6 Å². The number of carbonyl (C=O) groups excluding carboxylic acids is 1. The Morgan fingerprint density at radius 1 is 1.26 bits per heavy atom. The summed E-state index contributed by atoms with van der Waals surface area (Å²) in [5.74, 6) is -1.72. The zero-order chi connectivity index (χ0) is 17.0. The number of hydrogen-bond acceptors (Lipinski definition) is 3. The van der Waals surface area contributed by atoms with E-state index >= 15 is 0 Å². The van der Waals surface area contributed by atoms with Crippen molar-refractivity contribution in [1.82, 2.24) is 4.90 Å². The summed E-state index contributed by atoms with van der Waals surface area (Å²) in [5, 5.41) is 3.04. The zero-order valence-corrected chi connectivity index (χ0v) is 13.9. The van der Waals surface area contributed by atoms with Crippen LogP contribution in [0, 0.1) is 11.6 Å². The molecule has 128 valence electrons. The Kier molecular flexibility index (Phi) is 5.44. The molecule has 0 aliphatic carbocycles. The predicted octanol–water partition coefficient (Wildman–Crippen LogP) is 4.17. The van der Waals surface area contributed by atoms with Crippen LogP contribution >= 0.6 is 0 Å². The lowest BCUT2D eigenvalue weighted by Crippen LogP contribution is -2.37. The van der Waals surface area contributed by atoms with Gasteiger partial charge in [-0.1, -0.05) is 6.07 Å². The van der Waals surface area contributed by atoms with E-state index in [1.54, 1.807) is 4.90 Å². The van der Waals surface area contributed by atoms with E-state index in [0.717, 1.165) is 18.9 Å². The average molecular weight is 326 g/mol. The standard InChI is InChI=1S/C17H24F2N2O2/c1-17(2,3)23-16(22)21-10-5-6-12(9-11-21)20-14-8-4-7-13(18)15(14)19/h4,7-8,12,20H,5-6,9-11H2,1-3H3. The van der Waals surface area contributed by atoms with E-state index in [1.807, 2.05) is 20.8 Å². The van der Waals surface area contributed by atoms with Crippen LogP contribution in [0.4, 0.5) is 19.3 Å². The molecule has 23 heavy (non-hydrogen) atoms. The molecule has 0 aromatic heterocycles. The Labute approximate surface area is 135 Å². The number of amides is 1. The van der Waals surface area contributed by atoms with Crippen molar-refractivity contribution >= 4 is 11.8 Å². The monoisotopic (exact) mass is 326 g/mol. The molecule has 0 radical (unpaired) electrons. The Hall–Kier alpha value is -1.85. The number of rotatable bonds is 2. The largest absolute Gasteiger partial charge is 0.444 e. The maximum atomic E-state index is 13.7. The second-order valence-electron chi connectivity index (χ2n) is 6.84. The van der Waals surface area contributed by atoms with Crippen molar-refractivity contribution < 1.29 is 18.3 Å². The third kappa shape index (κ3) is 5.08. The first-order valence-corrected chi connectivity index (χ1v) is 7.95. The van der Waals surface area contributed by atoms with Gasteiger partial charge in [0.25, 0.3) is 0 Å². The number of hydrogen-bond donors (Lipinski definition) is 1. The highest BCUT2D eigenvalue weighted by Gasteiger charge is 2.25. The molecule has 0 bridgehead atoms. The number of nitrogens with one attached hydrogen (secondary N) is 1. The first-order valence-electron chi connectivity index (χ1n) is 7.95. The van der Waals surface area contributed by atoms with Gasteiger partial charge in [0.1, 0.15) is 5.60 Å². The van der Waals surface area contributed by atoms with Crippen molar-refractivity contribution in [2.24, 2.45) is 0 Å². The molecule has 1 saturated heterocycles. The Morgan fingerprint density at radius 2 is 2.00 bits per heavy atom. The molecule has 0 spiro atoms. The summed E-state index contributed by atoms with van der Waals surface area (Å²) in [7, 11) is 0. The topological polar surface area (TPSA) is 41.6 Å². The van der Waals surface area contributed by atoms with Crippen molar-refractivity contribution in [3.63, 3.8) is 0 Å². The van der Waals surface area contributed by atoms with E-state index in [-0.39, 0.29) is 17.8 Å². The van der Waals surface area contributed by atoms with Crippen LogP contribution in [0.25, 0.3) is 0 Å². The summed E-state index contributed by atoms with van der Waals surface area (Å²) in [6.07, 6.45) is 1.91. The number of ether oxygens (including phenoxy) is 1. The summed E-state index contributed by atoms with van der Waals surface area (Å²) in [6.45, 7) is 6.64. The molecule has 1 amide bonds. The van der Waals surface area contributed by atoms with Crippen LogP contribution in [-0.4, -0.2) is 35.7 Å². The lowest BCUT2D eigenvalue weighted by atomic mass is 10.1. The molecule has 1 atom stereocenters. The van der Waals surface area contributed by atoms with Crippen molar-refractivity contribution in [3.8, 4) is 0 Å².